The second-order valence-electron chi connectivity index (χ2n) is 3.36. The van der Waals surface area contributed by atoms with Crippen LogP contribution in [0.3, 0.4) is 0 Å². The van der Waals surface area contributed by atoms with Crippen LogP contribution in [-0.2, 0) is 6.61 Å². The van der Waals surface area contributed by atoms with Crippen LogP contribution in [0.2, 0.25) is 0 Å². The van der Waals surface area contributed by atoms with E-state index >= 15 is 0 Å². The minimum absolute atomic E-state index is 0.147. The molecule has 0 atom stereocenters. The molecule has 1 saturated carbocycles. The molecule has 0 spiro atoms. The summed E-state index contributed by atoms with van der Waals surface area (Å²) in [5, 5.41) is 15.5. The van der Waals surface area contributed by atoms with Gasteiger partial charge in [0, 0.05) is 12.0 Å². The number of aromatic nitrogens is 2. The lowest BCUT2D eigenvalue weighted by atomic mass is 9.80. The van der Waals surface area contributed by atoms with Gasteiger partial charge in [0.05, 0.1) is 0 Å². The van der Waals surface area contributed by atoms with Crippen molar-refractivity contribution in [2.24, 2.45) is 0 Å². The van der Waals surface area contributed by atoms with Crippen LogP contribution < -0.4 is 5.32 Å². The standard InChI is InChI=1S/C8H13N3O2/c1-9-6-2-5(3-6)8-10-7(4-12)11-13-8/h5-6,9,12H,2-4H2,1H3. The average Bonchev–Trinajstić information content (AvgIpc) is 2.51. The molecular weight excluding hydrogens is 170 g/mol. The summed E-state index contributed by atoms with van der Waals surface area (Å²) >= 11 is 0. The van der Waals surface area contributed by atoms with E-state index in [0.29, 0.717) is 23.7 Å². The zero-order valence-corrected chi connectivity index (χ0v) is 7.53. The quantitative estimate of drug-likeness (QED) is 0.691. The number of hydrogen-bond donors (Lipinski definition) is 2. The lowest BCUT2D eigenvalue weighted by molar-refractivity contribution is 0.238. The van der Waals surface area contributed by atoms with Gasteiger partial charge in [0.25, 0.3) is 0 Å². The van der Waals surface area contributed by atoms with Crippen LogP contribution in [0.15, 0.2) is 4.52 Å². The fourth-order valence-electron chi connectivity index (χ4n) is 1.55. The van der Waals surface area contributed by atoms with Gasteiger partial charge in [-0.2, -0.15) is 4.98 Å². The molecule has 0 saturated heterocycles. The third-order valence-electron chi connectivity index (χ3n) is 2.52. The number of nitrogens with one attached hydrogen (secondary N) is 1. The largest absolute Gasteiger partial charge is 0.388 e. The molecule has 5 nitrogen and oxygen atoms in total. The zero-order chi connectivity index (χ0) is 9.26. The normalized spacial score (nSPS) is 27.2. The molecule has 0 radical (unpaired) electrons. The highest BCUT2D eigenvalue weighted by Crippen LogP contribution is 2.35. The summed E-state index contributed by atoms with van der Waals surface area (Å²) in [7, 11) is 1.95. The first kappa shape index (κ1) is 8.65. The number of rotatable bonds is 3. The molecular formula is C8H13N3O2. The van der Waals surface area contributed by atoms with Gasteiger partial charge in [0.15, 0.2) is 5.82 Å². The van der Waals surface area contributed by atoms with E-state index < -0.39 is 0 Å². The molecule has 0 amide bonds. The minimum Gasteiger partial charge on any atom is -0.388 e. The average molecular weight is 183 g/mol. The van der Waals surface area contributed by atoms with E-state index in [9.17, 15) is 0 Å². The molecule has 1 aromatic rings. The van der Waals surface area contributed by atoms with Gasteiger partial charge in [-0.05, 0) is 19.9 Å². The van der Waals surface area contributed by atoms with Crippen LogP contribution in [0.5, 0.6) is 0 Å². The van der Waals surface area contributed by atoms with E-state index in [1.54, 1.807) is 0 Å². The molecule has 2 rings (SSSR count). The van der Waals surface area contributed by atoms with Gasteiger partial charge >= 0.3 is 0 Å². The SMILES string of the molecule is CNC1CC(c2nc(CO)no2)C1. The summed E-state index contributed by atoms with van der Waals surface area (Å²) in [6, 6.07) is 0.578. The summed E-state index contributed by atoms with van der Waals surface area (Å²) in [4.78, 5) is 4.06. The van der Waals surface area contributed by atoms with E-state index in [-0.39, 0.29) is 6.61 Å². The van der Waals surface area contributed by atoms with E-state index in [2.05, 4.69) is 15.5 Å². The third kappa shape index (κ3) is 1.57. The van der Waals surface area contributed by atoms with Crippen LogP contribution >= 0.6 is 0 Å². The molecule has 1 fully saturated rings. The van der Waals surface area contributed by atoms with Gasteiger partial charge in [-0.25, -0.2) is 0 Å². The van der Waals surface area contributed by atoms with Gasteiger partial charge in [0.1, 0.15) is 6.61 Å². The van der Waals surface area contributed by atoms with Gasteiger partial charge in [-0.1, -0.05) is 5.16 Å². The predicted octanol–water partition coefficient (Wildman–Crippen LogP) is 0.0273. The maximum Gasteiger partial charge on any atom is 0.229 e. The van der Waals surface area contributed by atoms with E-state index in [1.165, 1.54) is 0 Å². The van der Waals surface area contributed by atoms with Gasteiger partial charge in [0.2, 0.25) is 5.89 Å². The third-order valence-corrected chi connectivity index (χ3v) is 2.52. The highest BCUT2D eigenvalue weighted by molar-refractivity contribution is 5.02. The Morgan fingerprint density at radius 3 is 2.92 bits per heavy atom. The molecule has 1 heterocycles. The fraction of sp³-hybridized carbons (Fsp3) is 0.750. The van der Waals surface area contributed by atoms with Gasteiger partial charge in [-0.15, -0.1) is 0 Å². The van der Waals surface area contributed by atoms with Crippen LogP contribution in [0.4, 0.5) is 0 Å². The summed E-state index contributed by atoms with van der Waals surface area (Å²) in [6.45, 7) is -0.147. The summed E-state index contributed by atoms with van der Waals surface area (Å²) in [5.74, 6) is 1.42. The highest BCUT2D eigenvalue weighted by Gasteiger charge is 2.33. The van der Waals surface area contributed by atoms with Crippen molar-refractivity contribution in [3.8, 4) is 0 Å². The Balaban J connectivity index is 1.95. The van der Waals surface area contributed by atoms with Crippen molar-refractivity contribution in [1.29, 1.82) is 0 Å². The van der Waals surface area contributed by atoms with Crippen LogP contribution in [0, 0.1) is 0 Å². The van der Waals surface area contributed by atoms with Gasteiger partial charge < -0.3 is 14.9 Å². The first-order valence-corrected chi connectivity index (χ1v) is 4.44. The number of aliphatic hydroxyl groups excluding tert-OH is 1. The molecule has 5 heteroatoms. The molecule has 72 valence electrons. The number of hydrogen-bond acceptors (Lipinski definition) is 5. The first-order valence-electron chi connectivity index (χ1n) is 4.44. The smallest absolute Gasteiger partial charge is 0.229 e. The van der Waals surface area contributed by atoms with Crippen molar-refractivity contribution < 1.29 is 9.63 Å². The summed E-state index contributed by atoms with van der Waals surface area (Å²) in [5.41, 5.74) is 0. The van der Waals surface area contributed by atoms with Crippen molar-refractivity contribution in [3.05, 3.63) is 11.7 Å². The molecule has 0 aromatic carbocycles. The van der Waals surface area contributed by atoms with Gasteiger partial charge in [-0.3, -0.25) is 0 Å². The van der Waals surface area contributed by atoms with E-state index in [1.807, 2.05) is 7.05 Å². The second-order valence-corrected chi connectivity index (χ2v) is 3.36. The molecule has 0 aliphatic heterocycles. The lowest BCUT2D eigenvalue weighted by Gasteiger charge is -2.32. The molecule has 1 aliphatic rings. The van der Waals surface area contributed by atoms with Crippen molar-refractivity contribution in [3.63, 3.8) is 0 Å². The van der Waals surface area contributed by atoms with Crippen molar-refractivity contribution in [1.82, 2.24) is 15.5 Å². The lowest BCUT2D eigenvalue weighted by Crippen LogP contribution is -2.37. The molecule has 2 N–H and O–H groups in total. The summed E-state index contributed by atoms with van der Waals surface area (Å²) in [6.07, 6.45) is 2.09. The minimum atomic E-state index is -0.147. The monoisotopic (exact) mass is 183 g/mol. The molecule has 13 heavy (non-hydrogen) atoms. The van der Waals surface area contributed by atoms with Crippen molar-refractivity contribution in [2.45, 2.75) is 31.4 Å². The molecule has 1 aromatic heterocycles. The number of aliphatic hydroxyl groups is 1. The Hall–Kier alpha value is -0.940. The maximum absolute atomic E-state index is 8.72. The highest BCUT2D eigenvalue weighted by atomic mass is 16.5. The topological polar surface area (TPSA) is 71.2 Å². The Labute approximate surface area is 76.1 Å². The predicted molar refractivity (Wildman–Crippen MR) is 45.0 cm³/mol. The Bertz CT molecular complexity index is 281. The fourth-order valence-corrected chi connectivity index (χ4v) is 1.55. The maximum atomic E-state index is 8.72. The summed E-state index contributed by atoms with van der Waals surface area (Å²) < 4.78 is 5.00. The molecule has 0 unspecified atom stereocenters. The van der Waals surface area contributed by atoms with Crippen LogP contribution in [-0.4, -0.2) is 28.3 Å². The first-order chi connectivity index (χ1) is 6.33. The second kappa shape index (κ2) is 3.43. The molecule has 0 bridgehead atoms. The van der Waals surface area contributed by atoms with Crippen molar-refractivity contribution in [2.75, 3.05) is 7.05 Å². The van der Waals surface area contributed by atoms with Crippen LogP contribution in [0.1, 0.15) is 30.5 Å². The Kier molecular flexibility index (Phi) is 2.28. The zero-order valence-electron chi connectivity index (χ0n) is 7.53. The van der Waals surface area contributed by atoms with Crippen molar-refractivity contribution >= 4 is 0 Å². The van der Waals surface area contributed by atoms with Crippen LogP contribution in [0.25, 0.3) is 0 Å². The number of nitrogens with zero attached hydrogens (tertiary/aromatic N) is 2. The Morgan fingerprint density at radius 1 is 1.62 bits per heavy atom. The van der Waals surface area contributed by atoms with E-state index in [4.69, 9.17) is 9.63 Å². The Morgan fingerprint density at radius 2 is 2.38 bits per heavy atom. The van der Waals surface area contributed by atoms with E-state index in [0.717, 1.165) is 12.8 Å². The molecule has 1 aliphatic carbocycles.